The first-order valence-electron chi connectivity index (χ1n) is 34.1. The number of unbranched alkanes of at least 4 members (excludes halogenated alkanes) is 18. The molecule has 9 N–H and O–H groups in total. The second kappa shape index (κ2) is 56.8. The van der Waals surface area contributed by atoms with Gasteiger partial charge < -0.3 is 65.1 Å². The highest BCUT2D eigenvalue weighted by atomic mass is 16.7. The Morgan fingerprint density at radius 2 is 0.795 bits per heavy atom. The highest BCUT2D eigenvalue weighted by molar-refractivity contribution is 5.76. The number of amides is 1. The van der Waals surface area contributed by atoms with E-state index in [1.807, 2.05) is 6.08 Å². The fourth-order valence-corrected chi connectivity index (χ4v) is 10.1. The van der Waals surface area contributed by atoms with E-state index in [-0.39, 0.29) is 18.9 Å². The third kappa shape index (κ3) is 40.6. The molecule has 0 saturated carbocycles. The first kappa shape index (κ1) is 80.0. The number of carbonyl (C=O) groups is 1. The minimum absolute atomic E-state index is 0.253. The van der Waals surface area contributed by atoms with Gasteiger partial charge in [-0.15, -0.1) is 0 Å². The van der Waals surface area contributed by atoms with Gasteiger partial charge in [-0.25, -0.2) is 0 Å². The van der Waals surface area contributed by atoms with Crippen molar-refractivity contribution in [3.8, 4) is 0 Å². The maximum absolute atomic E-state index is 13.3. The highest BCUT2D eigenvalue weighted by Crippen LogP contribution is 2.30. The van der Waals surface area contributed by atoms with Gasteiger partial charge in [-0.1, -0.05) is 243 Å². The van der Waals surface area contributed by atoms with Crippen LogP contribution in [0.25, 0.3) is 0 Å². The van der Waals surface area contributed by atoms with Gasteiger partial charge in [0.15, 0.2) is 12.6 Å². The number of ether oxygens (including phenoxy) is 4. The molecule has 0 radical (unpaired) electrons. The van der Waals surface area contributed by atoms with Crippen molar-refractivity contribution in [3.05, 3.63) is 146 Å². The summed E-state index contributed by atoms with van der Waals surface area (Å²) in [6.07, 6.45) is 68.9. The second-order valence-corrected chi connectivity index (χ2v) is 23.2. The summed E-state index contributed by atoms with van der Waals surface area (Å²) in [5.74, 6) is -0.266. The molecule has 2 rings (SSSR count). The average molecular weight is 1230 g/mol. The smallest absolute Gasteiger partial charge is 0.220 e. The van der Waals surface area contributed by atoms with Crippen LogP contribution in [0.4, 0.5) is 0 Å². The molecule has 14 heteroatoms. The molecule has 1 amide bonds. The SMILES string of the molecule is CC/C=C\C/C=C\C/C=C\C/C=C\C/C=C\C/C=C\C/C=C\C/C=C\C/C=C\CCCCCCCCCCCC(=O)NC(COC1OC(CO)C(OC2OC(CO)C(O)C(O)C2O)C(O)C1O)C(O)/C=C/CC/C=C/CC/C=C/CCCCCCCCC. The second-order valence-electron chi connectivity index (χ2n) is 23.2. The maximum Gasteiger partial charge on any atom is 0.220 e. The number of aliphatic hydroxyl groups excluding tert-OH is 8. The molecule has 500 valence electrons. The summed E-state index contributed by atoms with van der Waals surface area (Å²) >= 11 is 0. The van der Waals surface area contributed by atoms with E-state index in [0.717, 1.165) is 116 Å². The summed E-state index contributed by atoms with van der Waals surface area (Å²) in [5.41, 5.74) is 0. The molecule has 0 spiro atoms. The Bertz CT molecular complexity index is 2040. The van der Waals surface area contributed by atoms with Gasteiger partial charge in [0.25, 0.3) is 0 Å². The van der Waals surface area contributed by atoms with Crippen LogP contribution in [0.2, 0.25) is 0 Å². The summed E-state index contributed by atoms with van der Waals surface area (Å²) in [4.78, 5) is 13.3. The van der Waals surface area contributed by atoms with Crippen molar-refractivity contribution in [2.24, 2.45) is 0 Å². The standard InChI is InChI=1S/C74H121NO13/c1-3-5-7-9-11-13-15-17-19-21-22-23-24-25-26-27-28-29-30-31-32-33-34-35-36-37-38-39-40-42-44-46-48-50-52-54-56-58-66(79)75-62(63(78)57-55-53-51-49-47-45-43-41-20-18-16-14-12-10-8-6-4-2)61-85-73-71(84)69(82)72(65(60-77)87-73)88-74-70(83)68(81)67(80)64(59-76)86-74/h5,7,11,13,17,19-20,22-23,25-26,28-29,31-32,34-35,37-38,41,47,49,55,57,62-65,67-74,76-78,80-84H,3-4,6,8-10,12,14-16,18,21,24,27,30,33,36,39-40,42-46,48,50-54,56,58-61H2,1-2H3,(H,75,79)/b7-5-,13-11-,19-17-,23-22-,26-25-,29-28-,32-31-,35-34-,38-37-,41-20+,49-47+,57-55+. The number of carbonyl (C=O) groups excluding carboxylic acids is 1. The Hall–Kier alpha value is -4.13. The molecule has 2 aliphatic rings. The summed E-state index contributed by atoms with van der Waals surface area (Å²) in [6, 6.07) is -0.952. The van der Waals surface area contributed by atoms with Crippen LogP contribution in [0.3, 0.4) is 0 Å². The van der Waals surface area contributed by atoms with E-state index < -0.39 is 86.8 Å². The van der Waals surface area contributed by atoms with E-state index in [1.54, 1.807) is 6.08 Å². The molecule has 2 heterocycles. The summed E-state index contributed by atoms with van der Waals surface area (Å²) < 4.78 is 22.8. The fraction of sp³-hybridized carbons (Fsp3) is 0.662. The Morgan fingerprint density at radius 3 is 1.25 bits per heavy atom. The topological polar surface area (TPSA) is 228 Å². The molecule has 0 bridgehead atoms. The van der Waals surface area contributed by atoms with Gasteiger partial charge in [0.2, 0.25) is 5.91 Å². The lowest BCUT2D eigenvalue weighted by Crippen LogP contribution is -2.65. The van der Waals surface area contributed by atoms with Crippen molar-refractivity contribution in [3.63, 3.8) is 0 Å². The molecular weight excluding hydrogens is 1110 g/mol. The van der Waals surface area contributed by atoms with E-state index in [4.69, 9.17) is 18.9 Å². The predicted octanol–water partition coefficient (Wildman–Crippen LogP) is 13.7. The fourth-order valence-electron chi connectivity index (χ4n) is 10.1. The molecule has 88 heavy (non-hydrogen) atoms. The normalized spacial score (nSPS) is 24.1. The van der Waals surface area contributed by atoms with Crippen molar-refractivity contribution in [1.29, 1.82) is 0 Å². The van der Waals surface area contributed by atoms with Crippen LogP contribution in [-0.2, 0) is 23.7 Å². The zero-order chi connectivity index (χ0) is 63.8. The Morgan fingerprint density at radius 1 is 0.420 bits per heavy atom. The van der Waals surface area contributed by atoms with Gasteiger partial charge in [0.1, 0.15) is 48.8 Å². The van der Waals surface area contributed by atoms with E-state index in [1.165, 1.54) is 70.6 Å². The predicted molar refractivity (Wildman–Crippen MR) is 359 cm³/mol. The minimum atomic E-state index is -1.80. The first-order chi connectivity index (χ1) is 43.1. The number of aliphatic hydroxyl groups is 8. The van der Waals surface area contributed by atoms with Crippen molar-refractivity contribution in [2.75, 3.05) is 19.8 Å². The Balaban J connectivity index is 1.68. The quantitative estimate of drug-likeness (QED) is 0.0204. The van der Waals surface area contributed by atoms with Crippen LogP contribution in [0.15, 0.2) is 146 Å². The highest BCUT2D eigenvalue weighted by Gasteiger charge is 2.51. The molecule has 0 aromatic heterocycles. The monoisotopic (exact) mass is 1230 g/mol. The average Bonchev–Trinajstić information content (AvgIpc) is 2.07. The van der Waals surface area contributed by atoms with Crippen LogP contribution in [0, 0.1) is 0 Å². The Kier molecular flexibility index (Phi) is 51.6. The molecule has 12 atom stereocenters. The van der Waals surface area contributed by atoms with Crippen molar-refractivity contribution >= 4 is 5.91 Å². The van der Waals surface area contributed by atoms with E-state index >= 15 is 0 Å². The number of hydrogen-bond acceptors (Lipinski definition) is 13. The van der Waals surface area contributed by atoms with Gasteiger partial charge in [-0.3, -0.25) is 4.79 Å². The Labute approximate surface area is 532 Å². The van der Waals surface area contributed by atoms with Crippen molar-refractivity contribution in [2.45, 2.75) is 293 Å². The van der Waals surface area contributed by atoms with Crippen LogP contribution in [0.5, 0.6) is 0 Å². The minimum Gasteiger partial charge on any atom is -0.394 e. The molecule has 0 aromatic carbocycles. The largest absolute Gasteiger partial charge is 0.394 e. The van der Waals surface area contributed by atoms with E-state index in [2.05, 4.69) is 153 Å². The van der Waals surface area contributed by atoms with Crippen molar-refractivity contribution < 1.29 is 64.6 Å². The number of nitrogens with one attached hydrogen (secondary N) is 1. The van der Waals surface area contributed by atoms with Crippen LogP contribution < -0.4 is 5.32 Å². The zero-order valence-corrected chi connectivity index (χ0v) is 54.2. The lowest BCUT2D eigenvalue weighted by molar-refractivity contribution is -0.359. The number of allylic oxidation sites excluding steroid dienone is 23. The van der Waals surface area contributed by atoms with E-state index in [9.17, 15) is 45.6 Å². The number of hydrogen-bond donors (Lipinski definition) is 9. The van der Waals surface area contributed by atoms with Gasteiger partial charge in [-0.05, 0) is 116 Å². The first-order valence-corrected chi connectivity index (χ1v) is 34.1. The summed E-state index contributed by atoms with van der Waals surface area (Å²) in [7, 11) is 0. The molecule has 12 unspecified atom stereocenters. The lowest BCUT2D eigenvalue weighted by atomic mass is 9.97. The van der Waals surface area contributed by atoms with E-state index in [0.29, 0.717) is 12.8 Å². The molecular formula is C74H121NO13. The van der Waals surface area contributed by atoms with Gasteiger partial charge in [0, 0.05) is 6.42 Å². The molecule has 2 saturated heterocycles. The third-order valence-electron chi connectivity index (χ3n) is 15.5. The molecule has 0 aromatic rings. The lowest BCUT2D eigenvalue weighted by Gasteiger charge is -2.46. The van der Waals surface area contributed by atoms with Crippen molar-refractivity contribution in [1.82, 2.24) is 5.32 Å². The summed E-state index contributed by atoms with van der Waals surface area (Å²) in [5, 5.41) is 87.2. The van der Waals surface area contributed by atoms with Gasteiger partial charge in [-0.2, -0.15) is 0 Å². The van der Waals surface area contributed by atoms with Crippen LogP contribution in [0.1, 0.15) is 219 Å². The number of rotatable bonds is 53. The summed E-state index contributed by atoms with van der Waals surface area (Å²) in [6.45, 7) is 2.63. The van der Waals surface area contributed by atoms with Gasteiger partial charge >= 0.3 is 0 Å². The van der Waals surface area contributed by atoms with Crippen LogP contribution >= 0.6 is 0 Å². The third-order valence-corrected chi connectivity index (χ3v) is 15.5. The van der Waals surface area contributed by atoms with Crippen LogP contribution in [-0.4, -0.2) is 140 Å². The molecule has 2 fully saturated rings. The molecule has 14 nitrogen and oxygen atoms in total. The molecule has 2 aliphatic heterocycles. The zero-order valence-electron chi connectivity index (χ0n) is 54.2. The molecule has 0 aliphatic carbocycles. The van der Waals surface area contributed by atoms with Gasteiger partial charge in [0.05, 0.1) is 32.0 Å². The maximum atomic E-state index is 13.3.